The fourth-order valence-corrected chi connectivity index (χ4v) is 2.96. The molecule has 0 bridgehead atoms. The summed E-state index contributed by atoms with van der Waals surface area (Å²) in [5.41, 5.74) is 2.97. The predicted octanol–water partition coefficient (Wildman–Crippen LogP) is 3.43. The van der Waals surface area contributed by atoms with Crippen LogP contribution >= 0.6 is 11.3 Å². The number of thiazole rings is 1. The van der Waals surface area contributed by atoms with Crippen molar-refractivity contribution >= 4 is 17.0 Å². The second-order valence-corrected chi connectivity index (χ2v) is 5.76. The molecule has 3 nitrogen and oxygen atoms in total. The molecule has 2 N–H and O–H groups in total. The van der Waals surface area contributed by atoms with Gasteiger partial charge in [0, 0.05) is 16.1 Å². The number of para-hydroxylation sites is 1. The summed E-state index contributed by atoms with van der Waals surface area (Å²) in [7, 11) is 0. The Hall–Kier alpha value is -1.39. The third-order valence-corrected chi connectivity index (χ3v) is 3.81. The first kappa shape index (κ1) is 13.1. The number of nitrogens with one attached hydrogen (secondary N) is 1. The van der Waals surface area contributed by atoms with Crippen LogP contribution in [0.2, 0.25) is 0 Å². The minimum Gasteiger partial charge on any atom is -0.392 e. The van der Waals surface area contributed by atoms with Gasteiger partial charge in [-0.1, -0.05) is 18.2 Å². The maximum atomic E-state index is 9.31. The molecule has 0 aliphatic rings. The van der Waals surface area contributed by atoms with Crippen molar-refractivity contribution in [2.75, 3.05) is 5.32 Å². The molecule has 96 valence electrons. The highest BCUT2D eigenvalue weighted by Crippen LogP contribution is 2.26. The van der Waals surface area contributed by atoms with E-state index >= 15 is 0 Å². The lowest BCUT2D eigenvalue weighted by atomic mass is 10.1. The normalized spacial score (nSPS) is 12.4. The average Bonchev–Trinajstić information content (AvgIpc) is 2.69. The average molecular weight is 262 g/mol. The molecule has 0 saturated carbocycles. The van der Waals surface area contributed by atoms with Crippen molar-refractivity contribution in [3.05, 3.63) is 45.4 Å². The second-order valence-electron chi connectivity index (χ2n) is 4.36. The van der Waals surface area contributed by atoms with Crippen LogP contribution in [0, 0.1) is 13.8 Å². The van der Waals surface area contributed by atoms with Gasteiger partial charge in [0.2, 0.25) is 0 Å². The Bertz CT molecular complexity index is 536. The van der Waals surface area contributed by atoms with Gasteiger partial charge < -0.3 is 10.4 Å². The van der Waals surface area contributed by atoms with Gasteiger partial charge in [0.25, 0.3) is 0 Å². The molecule has 2 aromatic rings. The molecule has 1 heterocycles. The van der Waals surface area contributed by atoms with Gasteiger partial charge in [-0.25, -0.2) is 4.98 Å². The van der Waals surface area contributed by atoms with Crippen molar-refractivity contribution in [2.45, 2.75) is 33.4 Å². The zero-order valence-electron chi connectivity index (χ0n) is 10.9. The molecule has 1 atom stereocenters. The van der Waals surface area contributed by atoms with Crippen LogP contribution in [0.15, 0.2) is 24.3 Å². The number of hydrogen-bond donors (Lipinski definition) is 2. The molecule has 1 aromatic carbocycles. The lowest BCUT2D eigenvalue weighted by molar-refractivity contribution is 0.282. The Morgan fingerprint density at radius 1 is 1.33 bits per heavy atom. The van der Waals surface area contributed by atoms with Gasteiger partial charge in [0.1, 0.15) is 0 Å². The molecule has 0 amide bonds. The van der Waals surface area contributed by atoms with E-state index in [-0.39, 0.29) is 12.6 Å². The molecule has 18 heavy (non-hydrogen) atoms. The molecule has 1 aromatic heterocycles. The van der Waals surface area contributed by atoms with Crippen molar-refractivity contribution in [1.82, 2.24) is 4.98 Å². The van der Waals surface area contributed by atoms with Crippen LogP contribution in [-0.4, -0.2) is 10.1 Å². The Morgan fingerprint density at radius 3 is 2.67 bits per heavy atom. The summed E-state index contributed by atoms with van der Waals surface area (Å²) in [6.45, 7) is 6.26. The van der Waals surface area contributed by atoms with Crippen LogP contribution in [0.5, 0.6) is 0 Å². The fourth-order valence-electron chi connectivity index (χ4n) is 2.05. The molecule has 0 aliphatic carbocycles. The number of aryl methyl sites for hydroxylation is 2. The maximum absolute atomic E-state index is 9.31. The van der Waals surface area contributed by atoms with Crippen molar-refractivity contribution < 1.29 is 5.11 Å². The van der Waals surface area contributed by atoms with E-state index in [4.69, 9.17) is 0 Å². The smallest absolute Gasteiger partial charge is 0.0901 e. The SMILES string of the molecule is Cc1nc(C(C)Nc2ccccc2CO)c(C)s1. The van der Waals surface area contributed by atoms with E-state index < -0.39 is 0 Å². The van der Waals surface area contributed by atoms with Gasteiger partial charge in [0.05, 0.1) is 23.4 Å². The zero-order chi connectivity index (χ0) is 13.1. The minimum absolute atomic E-state index is 0.0466. The molecule has 0 fully saturated rings. The number of aliphatic hydroxyl groups is 1. The Balaban J connectivity index is 2.21. The van der Waals surface area contributed by atoms with Crippen molar-refractivity contribution in [3.8, 4) is 0 Å². The highest BCUT2D eigenvalue weighted by atomic mass is 32.1. The van der Waals surface area contributed by atoms with E-state index in [2.05, 4.69) is 24.1 Å². The van der Waals surface area contributed by atoms with E-state index in [1.54, 1.807) is 11.3 Å². The van der Waals surface area contributed by atoms with E-state index in [1.165, 1.54) is 4.88 Å². The molecule has 1 unspecified atom stereocenters. The highest BCUT2D eigenvalue weighted by Gasteiger charge is 2.13. The standard InChI is InChI=1S/C14H18N2OS/c1-9(14-10(2)18-11(3)16-14)15-13-7-5-4-6-12(13)8-17/h4-7,9,15,17H,8H2,1-3H3. The first-order chi connectivity index (χ1) is 8.61. The molecule has 0 aliphatic heterocycles. The monoisotopic (exact) mass is 262 g/mol. The Labute approximate surface area is 112 Å². The van der Waals surface area contributed by atoms with E-state index in [9.17, 15) is 5.11 Å². The van der Waals surface area contributed by atoms with Crippen LogP contribution in [0.3, 0.4) is 0 Å². The number of benzene rings is 1. The predicted molar refractivity (Wildman–Crippen MR) is 76.0 cm³/mol. The second kappa shape index (κ2) is 5.50. The van der Waals surface area contributed by atoms with E-state index in [1.807, 2.05) is 31.2 Å². The summed E-state index contributed by atoms with van der Waals surface area (Å²) in [5, 5.41) is 13.8. The summed E-state index contributed by atoms with van der Waals surface area (Å²) in [6.07, 6.45) is 0. The zero-order valence-corrected chi connectivity index (χ0v) is 11.7. The van der Waals surface area contributed by atoms with E-state index in [0.717, 1.165) is 22.0 Å². The van der Waals surface area contributed by atoms with E-state index in [0.29, 0.717) is 0 Å². The summed E-state index contributed by atoms with van der Waals surface area (Å²) in [5.74, 6) is 0. The summed E-state index contributed by atoms with van der Waals surface area (Å²) in [6, 6.07) is 7.94. The van der Waals surface area contributed by atoms with Gasteiger partial charge in [-0.3, -0.25) is 0 Å². The number of rotatable bonds is 4. The highest BCUT2D eigenvalue weighted by molar-refractivity contribution is 7.11. The molecular weight excluding hydrogens is 244 g/mol. The van der Waals surface area contributed by atoms with Crippen molar-refractivity contribution in [3.63, 3.8) is 0 Å². The third kappa shape index (κ3) is 2.71. The van der Waals surface area contributed by atoms with Crippen LogP contribution in [0.1, 0.15) is 34.1 Å². The van der Waals surface area contributed by atoms with Crippen LogP contribution in [0.25, 0.3) is 0 Å². The van der Waals surface area contributed by atoms with Gasteiger partial charge in [-0.15, -0.1) is 11.3 Å². The Morgan fingerprint density at radius 2 is 2.06 bits per heavy atom. The maximum Gasteiger partial charge on any atom is 0.0901 e. The lowest BCUT2D eigenvalue weighted by Gasteiger charge is -2.16. The molecule has 0 saturated heterocycles. The molecule has 0 spiro atoms. The number of hydrogen-bond acceptors (Lipinski definition) is 4. The molecule has 4 heteroatoms. The fraction of sp³-hybridized carbons (Fsp3) is 0.357. The van der Waals surface area contributed by atoms with Gasteiger partial charge in [-0.2, -0.15) is 0 Å². The minimum atomic E-state index is 0.0466. The van der Waals surface area contributed by atoms with Gasteiger partial charge >= 0.3 is 0 Å². The molecular formula is C14H18N2OS. The largest absolute Gasteiger partial charge is 0.392 e. The quantitative estimate of drug-likeness (QED) is 0.887. The number of aromatic nitrogens is 1. The van der Waals surface area contributed by atoms with Gasteiger partial charge in [-0.05, 0) is 26.8 Å². The number of nitrogens with zero attached hydrogens (tertiary/aromatic N) is 1. The topological polar surface area (TPSA) is 45.2 Å². The first-order valence-electron chi connectivity index (χ1n) is 6.01. The van der Waals surface area contributed by atoms with Crippen molar-refractivity contribution in [2.24, 2.45) is 0 Å². The first-order valence-corrected chi connectivity index (χ1v) is 6.82. The Kier molecular flexibility index (Phi) is 3.99. The van der Waals surface area contributed by atoms with Crippen LogP contribution in [0.4, 0.5) is 5.69 Å². The van der Waals surface area contributed by atoms with Crippen LogP contribution in [-0.2, 0) is 6.61 Å². The van der Waals surface area contributed by atoms with Gasteiger partial charge in [0.15, 0.2) is 0 Å². The summed E-state index contributed by atoms with van der Waals surface area (Å²) < 4.78 is 0. The summed E-state index contributed by atoms with van der Waals surface area (Å²) in [4.78, 5) is 5.80. The lowest BCUT2D eigenvalue weighted by Crippen LogP contribution is -2.10. The van der Waals surface area contributed by atoms with Crippen LogP contribution < -0.4 is 5.32 Å². The third-order valence-electron chi connectivity index (χ3n) is 2.91. The number of anilines is 1. The molecule has 2 rings (SSSR count). The molecule has 0 radical (unpaired) electrons. The summed E-state index contributed by atoms with van der Waals surface area (Å²) >= 11 is 1.72. The number of aliphatic hydroxyl groups excluding tert-OH is 1. The van der Waals surface area contributed by atoms with Crippen molar-refractivity contribution in [1.29, 1.82) is 0 Å².